The third kappa shape index (κ3) is 4.73. The van der Waals surface area contributed by atoms with Gasteiger partial charge in [-0.3, -0.25) is 0 Å². The van der Waals surface area contributed by atoms with E-state index in [-0.39, 0.29) is 27.0 Å². The summed E-state index contributed by atoms with van der Waals surface area (Å²) in [6.07, 6.45) is 5.42. The van der Waals surface area contributed by atoms with E-state index in [9.17, 15) is 0 Å². The van der Waals surface area contributed by atoms with Crippen LogP contribution in [0.25, 0.3) is 0 Å². The van der Waals surface area contributed by atoms with Crippen LogP contribution in [0.2, 0.25) is 4.47 Å². The molecule has 0 amide bonds. The van der Waals surface area contributed by atoms with E-state index in [0.29, 0.717) is 6.61 Å². The summed E-state index contributed by atoms with van der Waals surface area (Å²) in [6, 6.07) is 21.0. The van der Waals surface area contributed by atoms with Crippen molar-refractivity contribution in [3.05, 3.63) is 66.2 Å². The monoisotopic (exact) mass is 366 g/mol. The third-order valence-electron chi connectivity index (χ3n) is 2.68. The molecule has 2 rings (SSSR count). The molecule has 19 heavy (non-hydrogen) atoms. The molecule has 0 fully saturated rings. The van der Waals surface area contributed by atoms with E-state index in [0.717, 1.165) is 4.47 Å². The van der Waals surface area contributed by atoms with E-state index in [2.05, 4.69) is 48.4 Å². The van der Waals surface area contributed by atoms with E-state index >= 15 is 0 Å². The number of terminal acetylenes is 1. The van der Waals surface area contributed by atoms with Gasteiger partial charge in [-0.15, -0.1) is 0 Å². The minimum atomic E-state index is -0.240. The van der Waals surface area contributed by atoms with Gasteiger partial charge in [0.15, 0.2) is 0 Å². The van der Waals surface area contributed by atoms with Crippen molar-refractivity contribution in [2.24, 2.45) is 0 Å². The summed E-state index contributed by atoms with van der Waals surface area (Å²) >= 11 is -0.240. The Balaban J connectivity index is 2.00. The van der Waals surface area contributed by atoms with Gasteiger partial charge in [-0.05, 0) is 0 Å². The Labute approximate surface area is 125 Å². The van der Waals surface area contributed by atoms with Crippen LogP contribution in [0.15, 0.2) is 60.7 Å². The summed E-state index contributed by atoms with van der Waals surface area (Å²) in [7, 11) is 0. The topological polar surface area (TPSA) is 9.23 Å². The van der Waals surface area contributed by atoms with Gasteiger partial charge in [-0.2, -0.15) is 0 Å². The van der Waals surface area contributed by atoms with Gasteiger partial charge >= 0.3 is 125 Å². The molecule has 0 aliphatic rings. The SMILES string of the molecule is C#CCOC(C[Te]c1ccccc1)c1ccccc1. The van der Waals surface area contributed by atoms with Crippen molar-refractivity contribution in [3.63, 3.8) is 0 Å². The van der Waals surface area contributed by atoms with E-state index in [1.165, 1.54) is 9.17 Å². The Morgan fingerprint density at radius 2 is 1.63 bits per heavy atom. The fraction of sp³-hybridized carbons (Fsp3) is 0.176. The molecule has 0 bridgehead atoms. The molecule has 1 unspecified atom stereocenters. The summed E-state index contributed by atoms with van der Waals surface area (Å²) in [5.74, 6) is 2.56. The molecular formula is C17H16OTe. The fourth-order valence-corrected chi connectivity index (χ4v) is 4.55. The van der Waals surface area contributed by atoms with E-state index in [4.69, 9.17) is 11.2 Å². The van der Waals surface area contributed by atoms with Crippen molar-refractivity contribution < 1.29 is 4.74 Å². The van der Waals surface area contributed by atoms with Crippen molar-refractivity contribution in [2.45, 2.75) is 10.6 Å². The van der Waals surface area contributed by atoms with Crippen LogP contribution in [0, 0.1) is 12.3 Å². The maximum atomic E-state index is 5.80. The average molecular weight is 364 g/mol. The van der Waals surface area contributed by atoms with Crippen molar-refractivity contribution in [1.29, 1.82) is 0 Å². The van der Waals surface area contributed by atoms with Gasteiger partial charge in [-0.1, -0.05) is 0 Å². The number of rotatable bonds is 6. The first kappa shape index (κ1) is 14.2. The van der Waals surface area contributed by atoms with Gasteiger partial charge in [0.25, 0.3) is 0 Å². The second-order valence-corrected chi connectivity index (χ2v) is 7.16. The quantitative estimate of drug-likeness (QED) is 0.566. The van der Waals surface area contributed by atoms with Crippen molar-refractivity contribution in [2.75, 3.05) is 6.61 Å². The molecule has 0 aliphatic carbocycles. The summed E-state index contributed by atoms with van der Waals surface area (Å²) in [4.78, 5) is 0. The predicted octanol–water partition coefficient (Wildman–Crippen LogP) is 2.83. The van der Waals surface area contributed by atoms with Crippen LogP contribution in [0.3, 0.4) is 0 Å². The molecule has 0 radical (unpaired) electrons. The van der Waals surface area contributed by atoms with E-state index < -0.39 is 0 Å². The second-order valence-electron chi connectivity index (χ2n) is 4.04. The van der Waals surface area contributed by atoms with Gasteiger partial charge in [0, 0.05) is 0 Å². The van der Waals surface area contributed by atoms with E-state index in [1.54, 1.807) is 0 Å². The van der Waals surface area contributed by atoms with Crippen LogP contribution in [0.4, 0.5) is 0 Å². The predicted molar refractivity (Wildman–Crippen MR) is 80.6 cm³/mol. The Bertz CT molecular complexity index is 516. The molecule has 96 valence electrons. The Morgan fingerprint density at radius 3 is 2.26 bits per heavy atom. The van der Waals surface area contributed by atoms with Crippen molar-refractivity contribution >= 4 is 24.5 Å². The first-order chi connectivity index (χ1) is 9.40. The first-order valence-corrected chi connectivity index (χ1v) is 8.99. The van der Waals surface area contributed by atoms with Crippen LogP contribution >= 0.6 is 0 Å². The number of ether oxygens (including phenoxy) is 1. The van der Waals surface area contributed by atoms with Gasteiger partial charge in [0.1, 0.15) is 0 Å². The van der Waals surface area contributed by atoms with Crippen LogP contribution in [-0.2, 0) is 4.74 Å². The molecule has 2 aromatic rings. The first-order valence-electron chi connectivity index (χ1n) is 6.18. The molecule has 0 saturated heterocycles. The molecule has 0 saturated carbocycles. The summed E-state index contributed by atoms with van der Waals surface area (Å²) in [5, 5.41) is 0. The average Bonchev–Trinajstić information content (AvgIpc) is 2.49. The molecule has 1 atom stereocenters. The standard InChI is InChI=1S/C17H16OTe/c1-2-13-18-17(15-9-5-3-6-10-15)14-19-16-11-7-4-8-12-16/h1,3-12,17H,13-14H2. The molecule has 2 heteroatoms. The Hall–Kier alpha value is -1.25. The molecule has 1 nitrogen and oxygen atoms in total. The molecule has 2 aromatic carbocycles. The fourth-order valence-electron chi connectivity index (χ4n) is 1.75. The minimum absolute atomic E-state index is 0.125. The zero-order chi connectivity index (χ0) is 13.3. The molecule has 0 spiro atoms. The molecule has 0 aromatic heterocycles. The summed E-state index contributed by atoms with van der Waals surface area (Å²) in [6.45, 7) is 0.376. The normalized spacial score (nSPS) is 11.7. The molecule has 0 aliphatic heterocycles. The van der Waals surface area contributed by atoms with Crippen LogP contribution in [-0.4, -0.2) is 27.5 Å². The Kier molecular flexibility index (Phi) is 5.98. The summed E-state index contributed by atoms with van der Waals surface area (Å²) < 4.78 is 8.32. The van der Waals surface area contributed by atoms with Gasteiger partial charge in [0.2, 0.25) is 0 Å². The number of benzene rings is 2. The second kappa shape index (κ2) is 8.03. The van der Waals surface area contributed by atoms with Crippen LogP contribution in [0.1, 0.15) is 11.7 Å². The van der Waals surface area contributed by atoms with Gasteiger partial charge in [-0.25, -0.2) is 0 Å². The van der Waals surface area contributed by atoms with Crippen molar-refractivity contribution in [1.82, 2.24) is 0 Å². The third-order valence-corrected chi connectivity index (χ3v) is 5.75. The van der Waals surface area contributed by atoms with Crippen LogP contribution in [0.5, 0.6) is 0 Å². The molecule has 0 N–H and O–H groups in total. The maximum absolute atomic E-state index is 5.80. The van der Waals surface area contributed by atoms with Gasteiger partial charge < -0.3 is 0 Å². The zero-order valence-corrected chi connectivity index (χ0v) is 13.0. The molecular weight excluding hydrogens is 348 g/mol. The molecule has 0 heterocycles. The summed E-state index contributed by atoms with van der Waals surface area (Å²) in [5.41, 5.74) is 1.22. The Morgan fingerprint density at radius 1 is 1.00 bits per heavy atom. The van der Waals surface area contributed by atoms with E-state index in [1.807, 2.05) is 18.2 Å². The van der Waals surface area contributed by atoms with Crippen LogP contribution < -0.4 is 3.61 Å². The number of hydrogen-bond acceptors (Lipinski definition) is 1. The van der Waals surface area contributed by atoms with Gasteiger partial charge in [0.05, 0.1) is 0 Å². The van der Waals surface area contributed by atoms with Crippen molar-refractivity contribution in [3.8, 4) is 12.3 Å². The number of hydrogen-bond donors (Lipinski definition) is 0. The zero-order valence-electron chi connectivity index (χ0n) is 10.7.